The highest BCUT2D eigenvalue weighted by atomic mass is 79.9. The lowest BCUT2D eigenvalue weighted by Gasteiger charge is -2.20. The lowest BCUT2D eigenvalue weighted by Crippen LogP contribution is -3.00. The molecule has 0 spiro atoms. The van der Waals surface area contributed by atoms with Gasteiger partial charge in [-0.15, -0.1) is 0 Å². The molecule has 1 aromatic heterocycles. The van der Waals surface area contributed by atoms with E-state index < -0.39 is 5.97 Å². The van der Waals surface area contributed by atoms with Crippen molar-refractivity contribution in [2.24, 2.45) is 0 Å². The highest BCUT2D eigenvalue weighted by Crippen LogP contribution is 2.01. The van der Waals surface area contributed by atoms with E-state index in [1.54, 1.807) is 16.8 Å². The second-order valence-electron chi connectivity index (χ2n) is 5.16. The molecule has 1 rings (SSSR count). The van der Waals surface area contributed by atoms with E-state index in [-0.39, 0.29) is 35.0 Å². The van der Waals surface area contributed by atoms with Crippen LogP contribution >= 0.6 is 0 Å². The van der Waals surface area contributed by atoms with Crippen LogP contribution in [0.1, 0.15) is 49.9 Å². The summed E-state index contributed by atoms with van der Waals surface area (Å²) in [4.78, 5) is 25.2. The molecule has 1 N–H and O–H groups in total. The summed E-state index contributed by atoms with van der Waals surface area (Å²) in [6.45, 7) is 5.94. The van der Waals surface area contributed by atoms with Gasteiger partial charge in [0.05, 0.1) is 0 Å². The molecule has 1 amide bonds. The maximum absolute atomic E-state index is 12.4. The first-order valence-corrected chi connectivity index (χ1v) is 7.58. The first-order valence-electron chi connectivity index (χ1n) is 7.58. The van der Waals surface area contributed by atoms with Gasteiger partial charge in [0.1, 0.15) is 5.56 Å². The Morgan fingerprint density at radius 2 is 1.77 bits per heavy atom. The van der Waals surface area contributed by atoms with Crippen LogP contribution in [0.4, 0.5) is 0 Å². The number of aromatic carboxylic acids is 1. The average molecular weight is 373 g/mol. The molecule has 124 valence electrons. The summed E-state index contributed by atoms with van der Waals surface area (Å²) >= 11 is 0. The maximum atomic E-state index is 12.4. The van der Waals surface area contributed by atoms with Crippen LogP contribution in [0.15, 0.2) is 24.5 Å². The Morgan fingerprint density at radius 3 is 2.27 bits per heavy atom. The predicted octanol–water partition coefficient (Wildman–Crippen LogP) is -0.895. The smallest absolute Gasteiger partial charge is 0.341 e. The highest BCUT2D eigenvalue weighted by molar-refractivity contribution is 5.86. The van der Waals surface area contributed by atoms with Crippen LogP contribution < -0.4 is 21.5 Å². The molecule has 0 aromatic carbocycles. The molecule has 0 aliphatic carbocycles. The fourth-order valence-corrected chi connectivity index (χ4v) is 2.06. The minimum atomic E-state index is -0.981. The highest BCUT2D eigenvalue weighted by Gasteiger charge is 2.18. The minimum Gasteiger partial charge on any atom is -1.00 e. The van der Waals surface area contributed by atoms with Crippen LogP contribution in [0.3, 0.4) is 0 Å². The fraction of sp³-hybridized carbons (Fsp3) is 0.562. The van der Waals surface area contributed by atoms with Gasteiger partial charge in [-0.2, -0.15) is 4.57 Å². The molecule has 1 aromatic rings. The fourth-order valence-electron chi connectivity index (χ4n) is 2.06. The Labute approximate surface area is 142 Å². The van der Waals surface area contributed by atoms with Crippen LogP contribution in [0, 0.1) is 0 Å². The van der Waals surface area contributed by atoms with Gasteiger partial charge in [-0.05, 0) is 18.9 Å². The number of pyridine rings is 1. The molecule has 5 nitrogen and oxygen atoms in total. The van der Waals surface area contributed by atoms with Gasteiger partial charge < -0.3 is 27.0 Å². The van der Waals surface area contributed by atoms with Gasteiger partial charge in [0, 0.05) is 19.2 Å². The SMILES string of the molecule is CCCCN(CCCC)C(=O)C[n+]1cccc(C(=O)O)c1.[Br-]. The van der Waals surface area contributed by atoms with Crippen molar-refractivity contribution in [1.29, 1.82) is 0 Å². The van der Waals surface area contributed by atoms with E-state index in [2.05, 4.69) is 13.8 Å². The van der Waals surface area contributed by atoms with Crippen molar-refractivity contribution in [3.05, 3.63) is 30.1 Å². The van der Waals surface area contributed by atoms with Gasteiger partial charge >= 0.3 is 5.97 Å². The largest absolute Gasteiger partial charge is 1.00 e. The molecule has 0 radical (unpaired) electrons. The first-order chi connectivity index (χ1) is 10.1. The summed E-state index contributed by atoms with van der Waals surface area (Å²) < 4.78 is 1.64. The summed E-state index contributed by atoms with van der Waals surface area (Å²) in [5.74, 6) is -0.935. The van der Waals surface area contributed by atoms with Crippen LogP contribution in [-0.4, -0.2) is 35.0 Å². The topological polar surface area (TPSA) is 61.5 Å². The number of nitrogens with zero attached hydrogens (tertiary/aromatic N) is 2. The van der Waals surface area contributed by atoms with Gasteiger partial charge in [-0.25, -0.2) is 4.79 Å². The number of carbonyl (C=O) groups is 2. The molecule has 0 saturated heterocycles. The Kier molecular flexibility index (Phi) is 10.5. The lowest BCUT2D eigenvalue weighted by molar-refractivity contribution is -0.685. The Hall–Kier alpha value is -1.43. The zero-order valence-electron chi connectivity index (χ0n) is 13.3. The molecule has 0 fully saturated rings. The number of aromatic nitrogens is 1. The minimum absolute atomic E-state index is 0. The number of amides is 1. The van der Waals surface area contributed by atoms with E-state index in [4.69, 9.17) is 5.11 Å². The van der Waals surface area contributed by atoms with Crippen LogP contribution in [-0.2, 0) is 11.3 Å². The number of carboxylic acids is 1. The third-order valence-corrected chi connectivity index (χ3v) is 3.34. The van der Waals surface area contributed by atoms with Crippen molar-refractivity contribution in [1.82, 2.24) is 4.90 Å². The Morgan fingerprint density at radius 1 is 1.18 bits per heavy atom. The van der Waals surface area contributed by atoms with Crippen molar-refractivity contribution in [3.63, 3.8) is 0 Å². The molecule has 22 heavy (non-hydrogen) atoms. The van der Waals surface area contributed by atoms with Gasteiger partial charge in [0.2, 0.25) is 6.54 Å². The second kappa shape index (κ2) is 11.2. The molecule has 0 aliphatic rings. The number of rotatable bonds is 9. The van der Waals surface area contributed by atoms with E-state index in [1.807, 2.05) is 4.90 Å². The van der Waals surface area contributed by atoms with E-state index >= 15 is 0 Å². The van der Waals surface area contributed by atoms with Crippen molar-refractivity contribution in [2.45, 2.75) is 46.1 Å². The molecule has 6 heteroatoms. The Bertz CT molecular complexity index is 472. The van der Waals surface area contributed by atoms with Crippen molar-refractivity contribution >= 4 is 11.9 Å². The number of hydrogen-bond donors (Lipinski definition) is 1. The number of halogens is 1. The summed E-state index contributed by atoms with van der Waals surface area (Å²) in [7, 11) is 0. The van der Waals surface area contributed by atoms with E-state index in [9.17, 15) is 9.59 Å². The molecule has 0 bridgehead atoms. The third-order valence-electron chi connectivity index (χ3n) is 3.34. The maximum Gasteiger partial charge on any atom is 0.341 e. The van der Waals surface area contributed by atoms with Crippen LogP contribution in [0.5, 0.6) is 0 Å². The number of carbonyl (C=O) groups excluding carboxylic acids is 1. The van der Waals surface area contributed by atoms with Gasteiger partial charge in [0.15, 0.2) is 12.4 Å². The third kappa shape index (κ3) is 7.02. The first kappa shape index (κ1) is 20.6. The van der Waals surface area contributed by atoms with Gasteiger partial charge in [0.25, 0.3) is 5.91 Å². The van der Waals surface area contributed by atoms with Crippen LogP contribution in [0.25, 0.3) is 0 Å². The zero-order valence-corrected chi connectivity index (χ0v) is 14.9. The molecular weight excluding hydrogens is 348 g/mol. The normalized spacial score (nSPS) is 9.91. The molecule has 0 saturated carbocycles. The quantitative estimate of drug-likeness (QED) is 0.571. The van der Waals surface area contributed by atoms with Crippen molar-refractivity contribution in [3.8, 4) is 0 Å². The summed E-state index contributed by atoms with van der Waals surface area (Å²) in [6, 6.07) is 3.18. The zero-order chi connectivity index (χ0) is 15.7. The summed E-state index contributed by atoms with van der Waals surface area (Å²) in [5, 5.41) is 8.98. The van der Waals surface area contributed by atoms with Gasteiger partial charge in [-0.1, -0.05) is 26.7 Å². The number of carboxylic acid groups (broad SMARTS) is 1. The summed E-state index contributed by atoms with van der Waals surface area (Å²) in [5.41, 5.74) is 0.193. The second-order valence-corrected chi connectivity index (χ2v) is 5.16. The van der Waals surface area contributed by atoms with Gasteiger partial charge in [-0.3, -0.25) is 4.79 Å². The van der Waals surface area contributed by atoms with Crippen molar-refractivity contribution in [2.75, 3.05) is 13.1 Å². The molecule has 0 atom stereocenters. The predicted molar refractivity (Wildman–Crippen MR) is 80.0 cm³/mol. The molecule has 1 heterocycles. The van der Waals surface area contributed by atoms with E-state index in [1.165, 1.54) is 12.3 Å². The molecular formula is C16H25BrN2O3. The monoisotopic (exact) mass is 372 g/mol. The summed E-state index contributed by atoms with van der Waals surface area (Å²) in [6.07, 6.45) is 7.32. The lowest BCUT2D eigenvalue weighted by atomic mass is 10.2. The number of hydrogen-bond acceptors (Lipinski definition) is 2. The average Bonchev–Trinajstić information content (AvgIpc) is 2.47. The molecule has 0 unspecified atom stereocenters. The molecule has 0 aliphatic heterocycles. The van der Waals surface area contributed by atoms with Crippen LogP contribution in [0.2, 0.25) is 0 Å². The van der Waals surface area contributed by atoms with E-state index in [0.717, 1.165) is 38.8 Å². The van der Waals surface area contributed by atoms with E-state index in [0.29, 0.717) is 0 Å². The number of unbranched alkanes of at least 4 members (excludes halogenated alkanes) is 2. The Balaban J connectivity index is 0.00000441. The van der Waals surface area contributed by atoms with Crippen molar-refractivity contribution < 1.29 is 36.2 Å². The standard InChI is InChI=1S/C16H24N2O3.BrH/c1-3-5-10-18(11-6-4-2)15(19)13-17-9-7-8-14(12-17)16(20)21;/h7-9,12H,3-6,10-11,13H2,1-2H3;1H.